The van der Waals surface area contributed by atoms with Gasteiger partial charge in [0.2, 0.25) is 0 Å². The van der Waals surface area contributed by atoms with Crippen LogP contribution in [0.3, 0.4) is 0 Å². The van der Waals surface area contributed by atoms with Crippen LogP contribution in [-0.4, -0.2) is 30.5 Å². The van der Waals surface area contributed by atoms with E-state index in [1.54, 1.807) is 6.07 Å². The monoisotopic (exact) mass is 318 g/mol. The van der Waals surface area contributed by atoms with Crippen molar-refractivity contribution in [3.05, 3.63) is 66.4 Å². The second kappa shape index (κ2) is 5.98. The number of carbonyl (C=O) groups excluding carboxylic acids is 1. The van der Waals surface area contributed by atoms with Crippen molar-refractivity contribution in [1.29, 1.82) is 0 Å². The third-order valence-corrected chi connectivity index (χ3v) is 4.67. The molecular weight excluding hydrogens is 304 g/mol. The molecule has 0 aliphatic heterocycles. The fourth-order valence-electron chi connectivity index (χ4n) is 1.91. The molecule has 0 fully saturated rings. The van der Waals surface area contributed by atoms with E-state index >= 15 is 0 Å². The van der Waals surface area contributed by atoms with Crippen molar-refractivity contribution < 1.29 is 17.9 Å². The molecule has 0 aliphatic carbocycles. The number of fused-ring (bicyclic) bond motifs is 1. The summed E-state index contributed by atoms with van der Waals surface area (Å²) in [6.07, 6.45) is 6.57. The predicted octanol–water partition coefficient (Wildman–Crippen LogP) is 2.26. The molecule has 2 aromatic heterocycles. The Bertz CT molecular complexity index is 891. The van der Waals surface area contributed by atoms with Crippen LogP contribution in [0.15, 0.2) is 60.8 Å². The summed E-state index contributed by atoms with van der Waals surface area (Å²) in [5.41, 5.74) is 0.459. The normalized spacial score (nSPS) is 12.1. The number of aromatic nitrogens is 2. The molecule has 0 atom stereocenters. The van der Waals surface area contributed by atoms with Gasteiger partial charge in [-0.3, -0.25) is 0 Å². The number of methoxy groups -OCH3 is 1. The maximum Gasteiger partial charge on any atom is 0.339 e. The summed E-state index contributed by atoms with van der Waals surface area (Å²) in [7, 11) is -2.56. The fraction of sp³-hybridized carbons (Fsp3) is 0.0667. The van der Waals surface area contributed by atoms with Gasteiger partial charge in [-0.25, -0.2) is 22.2 Å². The number of carbonyl (C=O) groups is 1. The summed E-state index contributed by atoms with van der Waals surface area (Å²) in [6, 6.07) is 3.08. The van der Waals surface area contributed by atoms with Gasteiger partial charge in [0, 0.05) is 17.8 Å². The van der Waals surface area contributed by atoms with Gasteiger partial charge in [0.15, 0.2) is 5.65 Å². The van der Waals surface area contributed by atoms with Crippen LogP contribution >= 0.6 is 0 Å². The van der Waals surface area contributed by atoms with Crippen molar-refractivity contribution in [1.82, 2.24) is 8.96 Å². The van der Waals surface area contributed by atoms with Gasteiger partial charge in [-0.05, 0) is 24.3 Å². The summed E-state index contributed by atoms with van der Waals surface area (Å²) in [6.45, 7) is 6.98. The van der Waals surface area contributed by atoms with Crippen molar-refractivity contribution >= 4 is 27.0 Å². The van der Waals surface area contributed by atoms with Crippen molar-refractivity contribution in [2.24, 2.45) is 0 Å². The Morgan fingerprint density at radius 3 is 2.73 bits per heavy atom. The van der Waals surface area contributed by atoms with E-state index in [9.17, 15) is 13.2 Å². The zero-order valence-electron chi connectivity index (χ0n) is 11.9. The molecule has 0 saturated carbocycles. The first-order valence-electron chi connectivity index (χ1n) is 6.22. The zero-order valence-corrected chi connectivity index (χ0v) is 12.7. The average molecular weight is 318 g/mol. The molecule has 2 heterocycles. The Kier molecular flexibility index (Phi) is 4.27. The van der Waals surface area contributed by atoms with Crippen molar-refractivity contribution in [2.45, 2.75) is 0 Å². The van der Waals surface area contributed by atoms with Crippen molar-refractivity contribution in [3.63, 3.8) is 0 Å². The molecule has 0 radical (unpaired) electrons. The number of hydrogen-bond donors (Lipinski definition) is 0. The Morgan fingerprint density at radius 2 is 2.14 bits per heavy atom. The van der Waals surface area contributed by atoms with Crippen molar-refractivity contribution in [3.8, 4) is 0 Å². The largest absolute Gasteiger partial charge is 0.465 e. The summed E-state index contributed by atoms with van der Waals surface area (Å²) in [5.74, 6) is -0.539. The van der Waals surface area contributed by atoms with E-state index in [0.717, 1.165) is 3.97 Å². The smallest absolute Gasteiger partial charge is 0.339 e. The van der Waals surface area contributed by atoms with E-state index in [1.807, 2.05) is 0 Å². The van der Waals surface area contributed by atoms with Gasteiger partial charge in [0.05, 0.1) is 17.6 Å². The van der Waals surface area contributed by atoms with Gasteiger partial charge in [-0.1, -0.05) is 19.2 Å². The minimum Gasteiger partial charge on any atom is -0.465 e. The highest BCUT2D eigenvalue weighted by atomic mass is 32.2. The van der Waals surface area contributed by atoms with E-state index in [1.165, 1.54) is 43.8 Å². The molecule has 2 aromatic rings. The first-order chi connectivity index (χ1) is 10.5. The van der Waals surface area contributed by atoms with E-state index in [4.69, 9.17) is 0 Å². The number of pyridine rings is 1. The van der Waals surface area contributed by atoms with Crippen LogP contribution < -0.4 is 0 Å². The van der Waals surface area contributed by atoms with Gasteiger partial charge in [-0.15, -0.1) is 0 Å². The third kappa shape index (κ3) is 2.58. The second-order valence-corrected chi connectivity index (χ2v) is 6.07. The molecule has 2 rings (SSSR count). The summed E-state index contributed by atoms with van der Waals surface area (Å²) in [5, 5.41) is 0.508. The van der Waals surface area contributed by atoms with Gasteiger partial charge in [0.1, 0.15) is 0 Å². The molecule has 0 saturated heterocycles. The quantitative estimate of drug-likeness (QED) is 0.624. The standard InChI is InChI=1S/C15H14N2O4S/c1-4-6-13(5-2)22(19,20)17-8-7-11-9-12(15(18)21-3)10-16-14(11)17/h4-10H,1-2H2,3H3/b13-6+. The SMILES string of the molecule is C=C/C=C(\C=C)S(=O)(=O)n1ccc2cc(C(=O)OC)cnc21. The fourth-order valence-corrected chi connectivity index (χ4v) is 3.22. The lowest BCUT2D eigenvalue weighted by Gasteiger charge is -2.07. The van der Waals surface area contributed by atoms with Gasteiger partial charge in [0.25, 0.3) is 10.0 Å². The first-order valence-corrected chi connectivity index (χ1v) is 7.66. The third-order valence-electron chi connectivity index (χ3n) is 2.95. The van der Waals surface area contributed by atoms with Gasteiger partial charge < -0.3 is 4.74 Å². The van der Waals surface area contributed by atoms with Crippen LogP contribution in [0.5, 0.6) is 0 Å². The molecule has 114 valence electrons. The molecule has 0 amide bonds. The molecule has 6 nitrogen and oxygen atoms in total. The van der Waals surface area contributed by atoms with Crippen LogP contribution in [0.1, 0.15) is 10.4 Å². The van der Waals surface area contributed by atoms with Crippen LogP contribution in [-0.2, 0) is 14.8 Å². The molecule has 7 heteroatoms. The Balaban J connectivity index is 2.63. The highest BCUT2D eigenvalue weighted by Gasteiger charge is 2.20. The van der Waals surface area contributed by atoms with E-state index < -0.39 is 16.0 Å². The molecule has 0 aliphatic rings. The summed E-state index contributed by atoms with van der Waals surface area (Å²) < 4.78 is 30.7. The van der Waals surface area contributed by atoms with Crippen molar-refractivity contribution in [2.75, 3.05) is 7.11 Å². The first kappa shape index (κ1) is 15.7. The highest BCUT2D eigenvalue weighted by molar-refractivity contribution is 7.94. The lowest BCUT2D eigenvalue weighted by molar-refractivity contribution is 0.0600. The average Bonchev–Trinajstić information content (AvgIpc) is 2.95. The highest BCUT2D eigenvalue weighted by Crippen LogP contribution is 2.21. The Morgan fingerprint density at radius 1 is 1.41 bits per heavy atom. The lowest BCUT2D eigenvalue weighted by Crippen LogP contribution is -2.13. The van der Waals surface area contributed by atoms with Gasteiger partial charge in [-0.2, -0.15) is 0 Å². The maximum absolute atomic E-state index is 12.5. The molecule has 0 aromatic carbocycles. The minimum absolute atomic E-state index is 0.00107. The van der Waals surface area contributed by atoms with E-state index in [-0.39, 0.29) is 16.1 Å². The zero-order chi connectivity index (χ0) is 16.3. The van der Waals surface area contributed by atoms with Gasteiger partial charge >= 0.3 is 5.97 Å². The topological polar surface area (TPSA) is 78.3 Å². The molecule has 0 bridgehead atoms. The summed E-state index contributed by atoms with van der Waals surface area (Å²) >= 11 is 0. The number of allylic oxidation sites excluding steroid dienone is 3. The maximum atomic E-state index is 12.5. The summed E-state index contributed by atoms with van der Waals surface area (Å²) in [4.78, 5) is 15.5. The lowest BCUT2D eigenvalue weighted by atomic mass is 10.2. The van der Waals surface area contributed by atoms with E-state index in [0.29, 0.717) is 5.39 Å². The Labute approximate surface area is 128 Å². The van der Waals surface area contributed by atoms with Crippen LogP contribution in [0.25, 0.3) is 11.0 Å². The molecular formula is C15H14N2O4S. The Hall–Kier alpha value is -2.67. The number of nitrogens with zero attached hydrogens (tertiary/aromatic N) is 2. The van der Waals surface area contributed by atoms with E-state index in [2.05, 4.69) is 22.9 Å². The molecule has 22 heavy (non-hydrogen) atoms. The molecule has 0 N–H and O–H groups in total. The minimum atomic E-state index is -3.83. The second-order valence-electron chi connectivity index (χ2n) is 4.25. The number of esters is 1. The van der Waals surface area contributed by atoms with Crippen LogP contribution in [0.2, 0.25) is 0 Å². The van der Waals surface area contributed by atoms with Crippen LogP contribution in [0.4, 0.5) is 0 Å². The number of ether oxygens (including phenoxy) is 1. The predicted molar refractivity (Wildman–Crippen MR) is 83.9 cm³/mol. The molecule has 0 unspecified atom stereocenters. The number of hydrogen-bond acceptors (Lipinski definition) is 5. The molecule has 0 spiro atoms. The van der Waals surface area contributed by atoms with Crippen LogP contribution in [0, 0.1) is 0 Å². The number of rotatable bonds is 5.